The first-order valence-corrected chi connectivity index (χ1v) is 15.0. The van der Waals surface area contributed by atoms with Gasteiger partial charge in [0.15, 0.2) is 0 Å². The number of esters is 1. The molecule has 234 valence electrons. The molecule has 0 bridgehead atoms. The average Bonchev–Trinajstić information content (AvgIpc) is 2.82. The van der Waals surface area contributed by atoms with Crippen molar-refractivity contribution in [2.24, 2.45) is 22.3 Å². The van der Waals surface area contributed by atoms with E-state index in [1.54, 1.807) is 41.5 Å². The molecule has 2 unspecified atom stereocenters. The highest BCUT2D eigenvalue weighted by Gasteiger charge is 2.39. The molecular formula is C25H48N3O11P. The Bertz CT molecular complexity index is 810. The van der Waals surface area contributed by atoms with E-state index in [1.807, 2.05) is 13.8 Å². The molecule has 0 heterocycles. The topological polar surface area (TPSA) is 175 Å². The Kier molecular flexibility index (Phi) is 18.2. The molecule has 40 heavy (non-hydrogen) atoms. The Balaban J connectivity index is 6.08. The summed E-state index contributed by atoms with van der Waals surface area (Å²) in [5.41, 5.74) is 6.02. The van der Waals surface area contributed by atoms with E-state index in [4.69, 9.17) is 38.5 Å². The van der Waals surface area contributed by atoms with Gasteiger partial charge in [0.25, 0.3) is 0 Å². The van der Waals surface area contributed by atoms with Crippen molar-refractivity contribution in [3.05, 3.63) is 0 Å². The van der Waals surface area contributed by atoms with Crippen molar-refractivity contribution in [2.45, 2.75) is 99.8 Å². The molecule has 0 aromatic carbocycles. The van der Waals surface area contributed by atoms with E-state index in [0.29, 0.717) is 12.8 Å². The fraction of sp³-hybridized carbons (Fsp3) is 0.840. The van der Waals surface area contributed by atoms with Gasteiger partial charge in [-0.05, 0) is 26.7 Å². The van der Waals surface area contributed by atoms with Gasteiger partial charge in [0, 0.05) is 18.9 Å². The first-order valence-electron chi connectivity index (χ1n) is 13.5. The largest absolute Gasteiger partial charge is 0.510 e. The first-order chi connectivity index (χ1) is 18.6. The fourth-order valence-electron chi connectivity index (χ4n) is 2.53. The Hall–Kier alpha value is -2.57. The van der Waals surface area contributed by atoms with Gasteiger partial charge < -0.3 is 34.3 Å². The van der Waals surface area contributed by atoms with Gasteiger partial charge in [-0.1, -0.05) is 54.4 Å². The van der Waals surface area contributed by atoms with Crippen molar-refractivity contribution in [3.8, 4) is 0 Å². The number of carbonyl (C=O) groups is 3. The molecule has 2 N–H and O–H groups in total. The van der Waals surface area contributed by atoms with Crippen LogP contribution in [0.5, 0.6) is 0 Å². The third-order valence-corrected chi connectivity index (χ3v) is 6.17. The summed E-state index contributed by atoms with van der Waals surface area (Å²) in [6.45, 7) is 13.7. The number of ether oxygens (including phenoxy) is 5. The molecule has 0 aliphatic carbocycles. The van der Waals surface area contributed by atoms with Crippen LogP contribution in [0, 0.1) is 11.8 Å². The van der Waals surface area contributed by atoms with Gasteiger partial charge in [-0.3, -0.25) is 4.79 Å². The second-order valence-electron chi connectivity index (χ2n) is 9.90. The van der Waals surface area contributed by atoms with Gasteiger partial charge in [0.1, 0.15) is 6.54 Å². The number of unbranched alkanes of at least 4 members (excludes halogenated alkanes) is 2. The first kappa shape index (κ1) is 37.4. The van der Waals surface area contributed by atoms with Crippen LogP contribution in [0.15, 0.2) is 4.76 Å². The van der Waals surface area contributed by atoms with Gasteiger partial charge in [0.2, 0.25) is 18.5 Å². The van der Waals surface area contributed by atoms with Crippen LogP contribution in [0.2, 0.25) is 0 Å². The van der Waals surface area contributed by atoms with Crippen molar-refractivity contribution in [2.75, 3.05) is 26.8 Å². The lowest BCUT2D eigenvalue weighted by Gasteiger charge is -2.28. The Morgan fingerprint density at radius 2 is 1.23 bits per heavy atom. The van der Waals surface area contributed by atoms with Crippen LogP contribution in [-0.2, 0) is 42.1 Å². The lowest BCUT2D eigenvalue weighted by Crippen LogP contribution is -2.39. The second kappa shape index (κ2) is 19.5. The van der Waals surface area contributed by atoms with E-state index in [9.17, 15) is 18.9 Å². The Morgan fingerprint density at radius 3 is 1.57 bits per heavy atom. The van der Waals surface area contributed by atoms with Crippen LogP contribution in [0.3, 0.4) is 0 Å². The standard InChI is InChI=1S/C25H48N3O11P/c1-10-12-14-33-24(30)36-21(17(3)4)38-40(32,27-23(26)28(9)16-20(29)35-19(7)8)39-22(18(5)6)37-25(31)34-15-13-11-2/h17-19,21-22H,10-16H2,1-9H3,(H2,26,27,32). The summed E-state index contributed by atoms with van der Waals surface area (Å²) in [6, 6.07) is 0. The molecule has 0 aromatic rings. The zero-order valence-corrected chi connectivity index (χ0v) is 26.1. The number of likely N-dealkylation sites (N-methyl/N-ethyl adjacent to an activating group) is 1. The van der Waals surface area contributed by atoms with Gasteiger partial charge >= 0.3 is 26.0 Å². The molecule has 0 saturated carbocycles. The van der Waals surface area contributed by atoms with Crippen LogP contribution in [0.4, 0.5) is 9.59 Å². The highest BCUT2D eigenvalue weighted by Crippen LogP contribution is 2.54. The van der Waals surface area contributed by atoms with Gasteiger partial charge in [-0.15, -0.1) is 4.76 Å². The summed E-state index contributed by atoms with van der Waals surface area (Å²) in [7, 11) is -3.28. The number of hydrogen-bond donors (Lipinski definition) is 1. The molecule has 0 aliphatic rings. The van der Waals surface area contributed by atoms with Crippen LogP contribution in [0.1, 0.15) is 81.1 Å². The number of carbonyl (C=O) groups excluding carboxylic acids is 3. The molecule has 0 saturated heterocycles. The predicted molar refractivity (Wildman–Crippen MR) is 147 cm³/mol. The van der Waals surface area contributed by atoms with Crippen molar-refractivity contribution < 1.29 is 51.7 Å². The van der Waals surface area contributed by atoms with E-state index in [2.05, 4.69) is 4.76 Å². The van der Waals surface area contributed by atoms with Gasteiger partial charge in [-0.2, -0.15) is 0 Å². The fourth-order valence-corrected chi connectivity index (χ4v) is 4.17. The van der Waals surface area contributed by atoms with Gasteiger partial charge in [0.05, 0.1) is 19.3 Å². The summed E-state index contributed by atoms with van der Waals surface area (Å²) < 4.78 is 54.7. The van der Waals surface area contributed by atoms with Crippen molar-refractivity contribution in [1.29, 1.82) is 0 Å². The monoisotopic (exact) mass is 597 g/mol. The maximum Gasteiger partial charge on any atom is 0.510 e. The van der Waals surface area contributed by atoms with Crippen molar-refractivity contribution in [1.82, 2.24) is 4.90 Å². The minimum Gasteiger partial charge on any atom is -0.462 e. The van der Waals surface area contributed by atoms with E-state index in [0.717, 1.165) is 12.8 Å². The molecule has 0 radical (unpaired) electrons. The normalized spacial score (nSPS) is 14.8. The molecule has 14 nitrogen and oxygen atoms in total. The third kappa shape index (κ3) is 16.5. The zero-order valence-electron chi connectivity index (χ0n) is 25.2. The smallest absolute Gasteiger partial charge is 0.462 e. The second-order valence-corrected chi connectivity index (χ2v) is 11.5. The summed E-state index contributed by atoms with van der Waals surface area (Å²) in [5.74, 6) is -2.10. The number of rotatable bonds is 18. The quantitative estimate of drug-likeness (QED) is 0.0416. The highest BCUT2D eigenvalue weighted by atomic mass is 31.2. The Labute approximate surface area is 237 Å². The molecule has 0 aromatic heterocycles. The maximum absolute atomic E-state index is 14.0. The van der Waals surface area contributed by atoms with Crippen LogP contribution >= 0.6 is 7.75 Å². The van der Waals surface area contributed by atoms with Crippen LogP contribution in [-0.4, -0.2) is 74.6 Å². The number of nitrogens with two attached hydrogens (primary N) is 1. The average molecular weight is 598 g/mol. The predicted octanol–water partition coefficient (Wildman–Crippen LogP) is 5.20. The Morgan fingerprint density at radius 1 is 0.800 bits per heavy atom. The van der Waals surface area contributed by atoms with Crippen LogP contribution in [0.25, 0.3) is 0 Å². The number of hydrogen-bond acceptors (Lipinski definition) is 11. The summed E-state index contributed by atoms with van der Waals surface area (Å²) in [4.78, 5) is 37.6. The lowest BCUT2D eigenvalue weighted by molar-refractivity contribution is -0.147. The molecular weight excluding hydrogens is 549 g/mol. The van der Waals surface area contributed by atoms with Gasteiger partial charge in [-0.25, -0.2) is 23.2 Å². The molecule has 0 fully saturated rings. The highest BCUT2D eigenvalue weighted by molar-refractivity contribution is 7.52. The van der Waals surface area contributed by atoms with Crippen molar-refractivity contribution in [3.63, 3.8) is 0 Å². The summed E-state index contributed by atoms with van der Waals surface area (Å²) >= 11 is 0. The summed E-state index contributed by atoms with van der Waals surface area (Å²) in [6.07, 6.45) is -2.50. The molecule has 15 heteroatoms. The molecule has 0 spiro atoms. The molecule has 0 aliphatic heterocycles. The van der Waals surface area contributed by atoms with Crippen LogP contribution < -0.4 is 5.73 Å². The van der Waals surface area contributed by atoms with E-state index in [-0.39, 0.29) is 25.9 Å². The minimum absolute atomic E-state index is 0.125. The SMILES string of the molecule is CCCCOC(=O)OC(OP(=O)(/N=C(\N)N(C)CC(=O)OC(C)C)OC(OC(=O)OCCCC)C(C)C)C(C)C. The maximum atomic E-state index is 14.0. The third-order valence-electron chi connectivity index (χ3n) is 4.77. The summed E-state index contributed by atoms with van der Waals surface area (Å²) in [5, 5.41) is 0. The van der Waals surface area contributed by atoms with E-state index >= 15 is 0 Å². The molecule has 0 rings (SSSR count). The van der Waals surface area contributed by atoms with E-state index in [1.165, 1.54) is 11.9 Å². The lowest BCUT2D eigenvalue weighted by atomic mass is 10.2. The van der Waals surface area contributed by atoms with E-state index < -0.39 is 56.4 Å². The van der Waals surface area contributed by atoms with Crippen molar-refractivity contribution >= 4 is 32.0 Å². The molecule has 0 amide bonds. The zero-order chi connectivity index (χ0) is 30.9. The molecule has 2 atom stereocenters. The number of nitrogens with zero attached hydrogens (tertiary/aromatic N) is 2. The number of guanidine groups is 1. The minimum atomic E-state index is -4.69.